The average molecular weight is 379 g/mol. The van der Waals surface area contributed by atoms with Gasteiger partial charge in [-0.1, -0.05) is 64.3 Å². The van der Waals surface area contributed by atoms with Crippen molar-refractivity contribution in [1.82, 2.24) is 0 Å². The van der Waals surface area contributed by atoms with Crippen LogP contribution in [0.5, 0.6) is 0 Å². The van der Waals surface area contributed by atoms with E-state index in [-0.39, 0.29) is 17.6 Å². The molecule has 0 saturated heterocycles. The van der Waals surface area contributed by atoms with Gasteiger partial charge in [0.25, 0.3) is 0 Å². The first-order valence-electron chi connectivity index (χ1n) is 10.4. The Hall–Kier alpha value is -0.940. The standard InChI is InChI=1S/C23H38O4/c1-6-22(2,3)15-17-11-13-18(14-12-17)21(25)26-16-20(24)27-23(4,5)19-9-7-8-10-19/h11-14,19-21,24-25H,6-10,15-16H2,1-5H3/t20-,21+/m0/s1. The molecule has 1 aliphatic rings. The Bertz CT molecular complexity index is 558. The summed E-state index contributed by atoms with van der Waals surface area (Å²) in [5.41, 5.74) is 1.83. The molecule has 2 N–H and O–H groups in total. The van der Waals surface area contributed by atoms with Gasteiger partial charge in [-0.05, 0) is 50.0 Å². The summed E-state index contributed by atoms with van der Waals surface area (Å²) in [6.45, 7) is 10.7. The summed E-state index contributed by atoms with van der Waals surface area (Å²) in [5.74, 6) is 0.469. The molecule has 4 heteroatoms. The summed E-state index contributed by atoms with van der Waals surface area (Å²) >= 11 is 0. The summed E-state index contributed by atoms with van der Waals surface area (Å²) in [5, 5.41) is 20.4. The van der Waals surface area contributed by atoms with Gasteiger partial charge in [0.2, 0.25) is 0 Å². The smallest absolute Gasteiger partial charge is 0.181 e. The molecule has 4 nitrogen and oxygen atoms in total. The van der Waals surface area contributed by atoms with Crippen LogP contribution in [0.15, 0.2) is 24.3 Å². The molecule has 0 heterocycles. The van der Waals surface area contributed by atoms with Gasteiger partial charge >= 0.3 is 0 Å². The van der Waals surface area contributed by atoms with Crippen molar-refractivity contribution < 1.29 is 19.7 Å². The monoisotopic (exact) mass is 378 g/mol. The van der Waals surface area contributed by atoms with Gasteiger partial charge < -0.3 is 19.7 Å². The molecular formula is C23H38O4. The molecule has 2 rings (SSSR count). The highest BCUT2D eigenvalue weighted by Gasteiger charge is 2.34. The van der Waals surface area contributed by atoms with E-state index in [1.165, 1.54) is 18.4 Å². The molecule has 154 valence electrons. The summed E-state index contributed by atoms with van der Waals surface area (Å²) < 4.78 is 11.3. The SMILES string of the molecule is CCC(C)(C)Cc1ccc([C@H](O)OC[C@@H](O)OC(C)(C)C2CCCC2)cc1. The summed E-state index contributed by atoms with van der Waals surface area (Å²) in [7, 11) is 0. The quantitative estimate of drug-likeness (QED) is 0.564. The zero-order valence-electron chi connectivity index (χ0n) is 17.7. The second-order valence-corrected chi connectivity index (χ2v) is 9.28. The molecule has 0 spiro atoms. The van der Waals surface area contributed by atoms with Crippen LogP contribution in [0.1, 0.15) is 84.1 Å². The highest BCUT2D eigenvalue weighted by atomic mass is 16.7. The molecule has 27 heavy (non-hydrogen) atoms. The lowest BCUT2D eigenvalue weighted by Crippen LogP contribution is -2.38. The van der Waals surface area contributed by atoms with E-state index in [1.807, 2.05) is 38.1 Å². The molecule has 1 saturated carbocycles. The first-order chi connectivity index (χ1) is 12.6. The van der Waals surface area contributed by atoms with Crippen molar-refractivity contribution in [3.63, 3.8) is 0 Å². The van der Waals surface area contributed by atoms with Gasteiger partial charge in [0.15, 0.2) is 12.6 Å². The third kappa shape index (κ3) is 6.86. The first-order valence-corrected chi connectivity index (χ1v) is 10.4. The van der Waals surface area contributed by atoms with Crippen LogP contribution < -0.4 is 0 Å². The third-order valence-corrected chi connectivity index (χ3v) is 6.08. The van der Waals surface area contributed by atoms with Crippen molar-refractivity contribution in [3.8, 4) is 0 Å². The Morgan fingerprint density at radius 2 is 1.63 bits per heavy atom. The van der Waals surface area contributed by atoms with Crippen LogP contribution in [0.3, 0.4) is 0 Å². The fourth-order valence-corrected chi connectivity index (χ4v) is 3.85. The van der Waals surface area contributed by atoms with E-state index in [9.17, 15) is 10.2 Å². The average Bonchev–Trinajstić information content (AvgIpc) is 3.15. The Morgan fingerprint density at radius 3 is 2.19 bits per heavy atom. The molecule has 0 aliphatic heterocycles. The zero-order chi connectivity index (χ0) is 20.1. The van der Waals surface area contributed by atoms with Crippen LogP contribution in [0.25, 0.3) is 0 Å². The van der Waals surface area contributed by atoms with Crippen LogP contribution in [-0.2, 0) is 15.9 Å². The fourth-order valence-electron chi connectivity index (χ4n) is 3.85. The number of benzene rings is 1. The number of ether oxygens (including phenoxy) is 2. The van der Waals surface area contributed by atoms with Crippen molar-refractivity contribution >= 4 is 0 Å². The van der Waals surface area contributed by atoms with Crippen molar-refractivity contribution in [3.05, 3.63) is 35.4 Å². The number of hydrogen-bond donors (Lipinski definition) is 2. The van der Waals surface area contributed by atoms with Gasteiger partial charge in [0.05, 0.1) is 5.60 Å². The number of hydrogen-bond acceptors (Lipinski definition) is 4. The minimum Gasteiger partial charge on any atom is -0.366 e. The van der Waals surface area contributed by atoms with Crippen LogP contribution in [0.2, 0.25) is 0 Å². The van der Waals surface area contributed by atoms with Gasteiger partial charge in [-0.25, -0.2) is 0 Å². The molecule has 1 aliphatic carbocycles. The summed E-state index contributed by atoms with van der Waals surface area (Å²) in [4.78, 5) is 0. The minimum absolute atomic E-state index is 0.0536. The maximum Gasteiger partial charge on any atom is 0.181 e. The lowest BCUT2D eigenvalue weighted by Gasteiger charge is -2.34. The number of aliphatic hydroxyl groups is 2. The molecule has 0 bridgehead atoms. The molecule has 1 fully saturated rings. The summed E-state index contributed by atoms with van der Waals surface area (Å²) in [6.07, 6.45) is 4.77. The van der Waals surface area contributed by atoms with Crippen LogP contribution >= 0.6 is 0 Å². The van der Waals surface area contributed by atoms with Crippen LogP contribution in [0, 0.1) is 11.3 Å². The largest absolute Gasteiger partial charge is 0.366 e. The van der Waals surface area contributed by atoms with Crippen LogP contribution in [0.4, 0.5) is 0 Å². The van der Waals surface area contributed by atoms with Gasteiger partial charge in [-0.2, -0.15) is 0 Å². The fraction of sp³-hybridized carbons (Fsp3) is 0.739. The number of aliphatic hydroxyl groups excluding tert-OH is 2. The predicted octanol–water partition coefficient (Wildman–Crippen LogP) is 4.98. The van der Waals surface area contributed by atoms with E-state index in [2.05, 4.69) is 20.8 Å². The topological polar surface area (TPSA) is 58.9 Å². The van der Waals surface area contributed by atoms with E-state index in [0.717, 1.165) is 25.7 Å². The minimum atomic E-state index is -1.06. The maximum absolute atomic E-state index is 10.3. The van der Waals surface area contributed by atoms with Crippen molar-refractivity contribution in [2.75, 3.05) is 6.61 Å². The van der Waals surface area contributed by atoms with Crippen molar-refractivity contribution in [2.45, 2.75) is 91.3 Å². The summed E-state index contributed by atoms with van der Waals surface area (Å²) in [6, 6.07) is 7.85. The maximum atomic E-state index is 10.3. The molecule has 1 aromatic rings. The zero-order valence-corrected chi connectivity index (χ0v) is 17.7. The van der Waals surface area contributed by atoms with Gasteiger partial charge in [0.1, 0.15) is 6.61 Å². The lowest BCUT2D eigenvalue weighted by atomic mass is 9.83. The van der Waals surface area contributed by atoms with Crippen molar-refractivity contribution in [2.24, 2.45) is 11.3 Å². The van der Waals surface area contributed by atoms with Crippen molar-refractivity contribution in [1.29, 1.82) is 0 Å². The predicted molar refractivity (Wildman–Crippen MR) is 108 cm³/mol. The molecule has 0 amide bonds. The molecule has 0 aromatic heterocycles. The van der Waals surface area contributed by atoms with Gasteiger partial charge in [0, 0.05) is 5.56 Å². The van der Waals surface area contributed by atoms with E-state index < -0.39 is 12.6 Å². The molecule has 0 radical (unpaired) electrons. The first kappa shape index (κ1) is 22.4. The highest BCUT2D eigenvalue weighted by molar-refractivity contribution is 5.24. The van der Waals surface area contributed by atoms with E-state index in [0.29, 0.717) is 11.5 Å². The normalized spacial score (nSPS) is 18.6. The van der Waals surface area contributed by atoms with Gasteiger partial charge in [-0.15, -0.1) is 0 Å². The Morgan fingerprint density at radius 1 is 1.04 bits per heavy atom. The third-order valence-electron chi connectivity index (χ3n) is 6.08. The van der Waals surface area contributed by atoms with Gasteiger partial charge in [-0.3, -0.25) is 0 Å². The molecule has 2 atom stereocenters. The number of rotatable bonds is 10. The second kappa shape index (κ2) is 9.51. The Balaban J connectivity index is 1.81. The van der Waals surface area contributed by atoms with E-state index in [1.54, 1.807) is 0 Å². The molecule has 1 aromatic carbocycles. The van der Waals surface area contributed by atoms with E-state index >= 15 is 0 Å². The van der Waals surface area contributed by atoms with E-state index in [4.69, 9.17) is 9.47 Å². The van der Waals surface area contributed by atoms with Crippen LogP contribution in [-0.4, -0.2) is 28.7 Å². The highest BCUT2D eigenvalue weighted by Crippen LogP contribution is 2.36. The molecular weight excluding hydrogens is 340 g/mol. The molecule has 0 unspecified atom stereocenters. The Labute approximate surface area is 164 Å². The second-order valence-electron chi connectivity index (χ2n) is 9.28. The Kier molecular flexibility index (Phi) is 7.87. The lowest BCUT2D eigenvalue weighted by molar-refractivity contribution is -0.234.